The lowest BCUT2D eigenvalue weighted by Crippen LogP contribution is -2.40. The number of benzene rings is 1. The molecule has 0 bridgehead atoms. The maximum Gasteiger partial charge on any atom is 0.307 e. The Morgan fingerprint density at radius 2 is 1.78 bits per heavy atom. The van der Waals surface area contributed by atoms with Gasteiger partial charge in [0, 0.05) is 19.5 Å². The molecule has 1 atom stereocenters. The van der Waals surface area contributed by atoms with E-state index in [-0.39, 0.29) is 17.2 Å². The molecule has 7 heteroatoms. The summed E-state index contributed by atoms with van der Waals surface area (Å²) in [6, 6.07) is 3.70. The molecule has 1 aliphatic heterocycles. The highest BCUT2D eigenvalue weighted by Gasteiger charge is 2.59. The lowest BCUT2D eigenvalue weighted by Gasteiger charge is -2.32. The Morgan fingerprint density at radius 3 is 2.30 bits per heavy atom. The number of carbonyl (C=O) groups excluding carboxylic acids is 1. The van der Waals surface area contributed by atoms with Crippen LogP contribution in [0.5, 0.6) is 17.2 Å². The lowest BCUT2D eigenvalue weighted by molar-refractivity contribution is -0.139. The topological polar surface area (TPSA) is 85.3 Å². The van der Waals surface area contributed by atoms with E-state index in [4.69, 9.17) is 14.2 Å². The molecule has 1 N–H and O–H groups in total. The zero-order valence-electron chi connectivity index (χ0n) is 16.1. The van der Waals surface area contributed by atoms with Gasteiger partial charge in [-0.2, -0.15) is 0 Å². The first-order valence-corrected chi connectivity index (χ1v) is 9.24. The first-order valence-electron chi connectivity index (χ1n) is 9.24. The Balaban J connectivity index is 1.58. The molecular formula is C20H27NO6. The number of carboxylic acid groups (broad SMARTS) is 1. The van der Waals surface area contributed by atoms with E-state index in [0.29, 0.717) is 43.2 Å². The first kappa shape index (κ1) is 19.3. The van der Waals surface area contributed by atoms with Crippen molar-refractivity contribution in [2.24, 2.45) is 11.3 Å². The third-order valence-corrected chi connectivity index (χ3v) is 5.99. The fourth-order valence-electron chi connectivity index (χ4n) is 4.21. The van der Waals surface area contributed by atoms with Gasteiger partial charge in [0.25, 0.3) is 0 Å². The van der Waals surface area contributed by atoms with Crippen molar-refractivity contribution in [2.75, 3.05) is 34.4 Å². The molecule has 1 amide bonds. The van der Waals surface area contributed by atoms with Crippen molar-refractivity contribution >= 4 is 11.9 Å². The molecule has 1 aromatic rings. The van der Waals surface area contributed by atoms with Crippen molar-refractivity contribution in [1.29, 1.82) is 0 Å². The highest BCUT2D eigenvalue weighted by Crippen LogP contribution is 2.59. The van der Waals surface area contributed by atoms with Gasteiger partial charge in [-0.25, -0.2) is 0 Å². The molecule has 1 heterocycles. The number of hydrogen-bond acceptors (Lipinski definition) is 5. The second kappa shape index (κ2) is 7.66. The summed E-state index contributed by atoms with van der Waals surface area (Å²) in [5, 5.41) is 9.17. The third kappa shape index (κ3) is 3.68. The molecule has 2 aliphatic rings. The van der Waals surface area contributed by atoms with Crippen molar-refractivity contribution in [3.8, 4) is 17.2 Å². The molecule has 0 aromatic heterocycles. The number of carboxylic acids is 1. The van der Waals surface area contributed by atoms with E-state index in [0.717, 1.165) is 24.8 Å². The van der Waals surface area contributed by atoms with Crippen LogP contribution >= 0.6 is 0 Å². The van der Waals surface area contributed by atoms with Gasteiger partial charge in [-0.3, -0.25) is 9.59 Å². The maximum atomic E-state index is 12.6. The minimum Gasteiger partial charge on any atom is -0.493 e. The lowest BCUT2D eigenvalue weighted by atomic mass is 9.90. The zero-order valence-corrected chi connectivity index (χ0v) is 16.1. The number of carbonyl (C=O) groups is 2. The summed E-state index contributed by atoms with van der Waals surface area (Å²) < 4.78 is 16.1. The molecule has 1 aromatic carbocycles. The van der Waals surface area contributed by atoms with Crippen LogP contribution in [0.2, 0.25) is 0 Å². The van der Waals surface area contributed by atoms with Crippen LogP contribution in [0.25, 0.3) is 0 Å². The van der Waals surface area contributed by atoms with E-state index < -0.39 is 5.97 Å². The van der Waals surface area contributed by atoms with Gasteiger partial charge in [-0.1, -0.05) is 6.07 Å². The number of likely N-dealkylation sites (tertiary alicyclic amines) is 1. The number of methoxy groups -OCH3 is 3. The molecule has 1 unspecified atom stereocenters. The Morgan fingerprint density at radius 1 is 1.11 bits per heavy atom. The summed E-state index contributed by atoms with van der Waals surface area (Å²) in [6.07, 6.45) is 3.25. The molecule has 0 radical (unpaired) electrons. The average Bonchev–Trinajstić information content (AvgIpc) is 3.39. The third-order valence-electron chi connectivity index (χ3n) is 5.99. The van der Waals surface area contributed by atoms with E-state index in [1.807, 2.05) is 17.0 Å². The SMILES string of the molecule is COc1ccc(CCC(=O)N2CCC3(CC2)CC3C(=O)O)c(OC)c1OC. The Hall–Kier alpha value is -2.44. The minimum atomic E-state index is -0.699. The van der Waals surface area contributed by atoms with Crippen LogP contribution in [-0.2, 0) is 16.0 Å². The molecule has 7 nitrogen and oxygen atoms in total. The summed E-state index contributed by atoms with van der Waals surface area (Å²) in [7, 11) is 4.70. The van der Waals surface area contributed by atoms with Crippen LogP contribution in [0.1, 0.15) is 31.2 Å². The van der Waals surface area contributed by atoms with Gasteiger partial charge in [0.15, 0.2) is 11.5 Å². The van der Waals surface area contributed by atoms with Crippen LogP contribution < -0.4 is 14.2 Å². The van der Waals surface area contributed by atoms with Gasteiger partial charge in [-0.05, 0) is 42.7 Å². The summed E-state index contributed by atoms with van der Waals surface area (Å²) in [5.74, 6) is 0.876. The standard InChI is InChI=1S/C20H27NO6/c1-25-15-6-4-13(17(26-2)18(15)27-3)5-7-16(22)21-10-8-20(9-11-21)12-14(20)19(23)24/h4,6,14H,5,7-12H2,1-3H3,(H,23,24). The van der Waals surface area contributed by atoms with Crippen LogP contribution in [0, 0.1) is 11.3 Å². The van der Waals surface area contributed by atoms with Gasteiger partial charge in [0.1, 0.15) is 0 Å². The number of hydrogen-bond donors (Lipinski definition) is 1. The first-order chi connectivity index (χ1) is 13.0. The number of aliphatic carboxylic acids is 1. The molecule has 2 fully saturated rings. The normalized spacial score (nSPS) is 20.3. The number of ether oxygens (including phenoxy) is 3. The predicted octanol–water partition coefficient (Wildman–Crippen LogP) is 2.36. The van der Waals surface area contributed by atoms with Gasteiger partial charge in [0.2, 0.25) is 11.7 Å². The van der Waals surface area contributed by atoms with Crippen molar-refractivity contribution in [3.05, 3.63) is 17.7 Å². The highest BCUT2D eigenvalue weighted by atomic mass is 16.5. The van der Waals surface area contributed by atoms with Crippen molar-refractivity contribution < 1.29 is 28.9 Å². The maximum absolute atomic E-state index is 12.6. The fraction of sp³-hybridized carbons (Fsp3) is 0.600. The Bertz CT molecular complexity index is 723. The van der Waals surface area contributed by atoms with Crippen molar-refractivity contribution in [3.63, 3.8) is 0 Å². The minimum absolute atomic E-state index is 0.0603. The van der Waals surface area contributed by atoms with E-state index in [1.54, 1.807) is 21.3 Å². The molecule has 1 aliphatic carbocycles. The summed E-state index contributed by atoms with van der Waals surface area (Å²) in [6.45, 7) is 1.29. The number of nitrogens with zero attached hydrogens (tertiary/aromatic N) is 1. The van der Waals surface area contributed by atoms with E-state index in [9.17, 15) is 14.7 Å². The second-order valence-electron chi connectivity index (χ2n) is 7.33. The van der Waals surface area contributed by atoms with Gasteiger partial charge in [0.05, 0.1) is 27.2 Å². The Kier molecular flexibility index (Phi) is 5.48. The summed E-state index contributed by atoms with van der Waals surface area (Å²) >= 11 is 0. The van der Waals surface area contributed by atoms with E-state index >= 15 is 0 Å². The van der Waals surface area contributed by atoms with E-state index in [1.165, 1.54) is 0 Å². The summed E-state index contributed by atoms with van der Waals surface area (Å²) in [4.78, 5) is 25.6. The molecule has 1 saturated heterocycles. The predicted molar refractivity (Wildman–Crippen MR) is 98.4 cm³/mol. The van der Waals surface area contributed by atoms with Gasteiger partial charge >= 0.3 is 5.97 Å². The van der Waals surface area contributed by atoms with Crippen LogP contribution in [0.4, 0.5) is 0 Å². The van der Waals surface area contributed by atoms with Gasteiger partial charge < -0.3 is 24.2 Å². The zero-order chi connectivity index (χ0) is 19.6. The van der Waals surface area contributed by atoms with Crippen molar-refractivity contribution in [1.82, 2.24) is 4.90 Å². The number of amides is 1. The van der Waals surface area contributed by atoms with E-state index in [2.05, 4.69) is 0 Å². The highest BCUT2D eigenvalue weighted by molar-refractivity contribution is 5.77. The fourth-order valence-corrected chi connectivity index (χ4v) is 4.21. The smallest absolute Gasteiger partial charge is 0.307 e. The van der Waals surface area contributed by atoms with Gasteiger partial charge in [-0.15, -0.1) is 0 Å². The molecule has 3 rings (SSSR count). The number of piperidine rings is 1. The number of aryl methyl sites for hydroxylation is 1. The molecule has 148 valence electrons. The summed E-state index contributed by atoms with van der Waals surface area (Å²) in [5.41, 5.74) is 0.833. The monoisotopic (exact) mass is 377 g/mol. The molecule has 27 heavy (non-hydrogen) atoms. The number of rotatable bonds is 7. The van der Waals surface area contributed by atoms with Crippen LogP contribution in [-0.4, -0.2) is 56.3 Å². The molecule has 1 spiro atoms. The quantitative estimate of drug-likeness (QED) is 0.785. The molecule has 1 saturated carbocycles. The van der Waals surface area contributed by atoms with Crippen LogP contribution in [0.15, 0.2) is 12.1 Å². The molecular weight excluding hydrogens is 350 g/mol. The Labute approximate surface area is 159 Å². The second-order valence-corrected chi connectivity index (χ2v) is 7.33. The largest absolute Gasteiger partial charge is 0.493 e. The average molecular weight is 377 g/mol. The van der Waals surface area contributed by atoms with Crippen molar-refractivity contribution in [2.45, 2.75) is 32.1 Å². The van der Waals surface area contributed by atoms with Crippen LogP contribution in [0.3, 0.4) is 0 Å².